The van der Waals surface area contributed by atoms with Gasteiger partial charge in [0.15, 0.2) is 11.6 Å². The van der Waals surface area contributed by atoms with E-state index in [0.717, 1.165) is 23.8 Å². The summed E-state index contributed by atoms with van der Waals surface area (Å²) in [6, 6.07) is 9.53. The molecular formula is C14H12F2O2. The van der Waals surface area contributed by atoms with Gasteiger partial charge in [0.05, 0.1) is 6.10 Å². The number of benzene rings is 2. The SMILES string of the molecule is C[C@@H](O)c1ccc(Oc2cc(F)ccc2F)cc1. The van der Waals surface area contributed by atoms with Crippen molar-refractivity contribution < 1.29 is 18.6 Å². The third-order valence-electron chi connectivity index (χ3n) is 2.48. The summed E-state index contributed by atoms with van der Waals surface area (Å²) < 4.78 is 31.5. The summed E-state index contributed by atoms with van der Waals surface area (Å²) in [7, 11) is 0. The standard InChI is InChI=1S/C14H12F2O2/c1-9(17)10-2-5-12(6-3-10)18-14-8-11(15)4-7-13(14)16/h2-9,17H,1H3/t9-/m1/s1. The van der Waals surface area contributed by atoms with Crippen molar-refractivity contribution in [2.75, 3.05) is 0 Å². The maximum absolute atomic E-state index is 13.3. The summed E-state index contributed by atoms with van der Waals surface area (Å²) in [5, 5.41) is 9.33. The van der Waals surface area contributed by atoms with Crippen LogP contribution in [0.5, 0.6) is 11.5 Å². The molecule has 18 heavy (non-hydrogen) atoms. The molecule has 2 aromatic rings. The van der Waals surface area contributed by atoms with E-state index < -0.39 is 17.7 Å². The molecule has 1 N–H and O–H groups in total. The number of ether oxygens (including phenoxy) is 1. The zero-order valence-electron chi connectivity index (χ0n) is 9.73. The van der Waals surface area contributed by atoms with Gasteiger partial charge in [-0.15, -0.1) is 0 Å². The molecule has 2 nitrogen and oxygen atoms in total. The van der Waals surface area contributed by atoms with Gasteiger partial charge in [-0.1, -0.05) is 12.1 Å². The van der Waals surface area contributed by atoms with Crippen LogP contribution in [-0.4, -0.2) is 5.11 Å². The average molecular weight is 250 g/mol. The summed E-state index contributed by atoms with van der Waals surface area (Å²) in [4.78, 5) is 0. The van der Waals surface area contributed by atoms with E-state index in [2.05, 4.69) is 0 Å². The van der Waals surface area contributed by atoms with Crippen LogP contribution in [0.3, 0.4) is 0 Å². The van der Waals surface area contributed by atoms with Crippen LogP contribution in [-0.2, 0) is 0 Å². The molecule has 0 spiro atoms. The molecule has 0 aliphatic rings. The molecule has 0 fully saturated rings. The zero-order valence-corrected chi connectivity index (χ0v) is 9.73. The molecule has 0 aliphatic carbocycles. The third kappa shape index (κ3) is 2.84. The molecule has 0 aliphatic heterocycles. The first-order valence-corrected chi connectivity index (χ1v) is 5.47. The molecule has 1 atom stereocenters. The van der Waals surface area contributed by atoms with Crippen LogP contribution in [0.15, 0.2) is 42.5 Å². The summed E-state index contributed by atoms with van der Waals surface area (Å²) in [6.45, 7) is 1.64. The molecule has 2 rings (SSSR count). The predicted molar refractivity (Wildman–Crippen MR) is 63.5 cm³/mol. The zero-order chi connectivity index (χ0) is 13.1. The highest BCUT2D eigenvalue weighted by atomic mass is 19.1. The molecule has 2 aromatic carbocycles. The number of halogens is 2. The quantitative estimate of drug-likeness (QED) is 0.897. The van der Waals surface area contributed by atoms with Crippen LogP contribution in [0, 0.1) is 11.6 Å². The van der Waals surface area contributed by atoms with Gasteiger partial charge in [0.1, 0.15) is 11.6 Å². The van der Waals surface area contributed by atoms with E-state index in [0.29, 0.717) is 5.75 Å². The van der Waals surface area contributed by atoms with Crippen LogP contribution in [0.25, 0.3) is 0 Å². The fourth-order valence-electron chi connectivity index (χ4n) is 1.50. The Bertz CT molecular complexity index is 536. The summed E-state index contributed by atoms with van der Waals surface area (Å²) in [6.07, 6.45) is -0.579. The molecule has 0 radical (unpaired) electrons. The normalized spacial score (nSPS) is 12.2. The van der Waals surface area contributed by atoms with Crippen LogP contribution in [0.4, 0.5) is 8.78 Å². The highest BCUT2D eigenvalue weighted by Crippen LogP contribution is 2.26. The van der Waals surface area contributed by atoms with Crippen molar-refractivity contribution >= 4 is 0 Å². The Hall–Kier alpha value is -1.94. The van der Waals surface area contributed by atoms with Crippen LogP contribution in [0.1, 0.15) is 18.6 Å². The van der Waals surface area contributed by atoms with Crippen molar-refractivity contribution in [3.05, 3.63) is 59.7 Å². The predicted octanol–water partition coefficient (Wildman–Crippen LogP) is 3.81. The monoisotopic (exact) mass is 250 g/mol. The highest BCUT2D eigenvalue weighted by Gasteiger charge is 2.07. The Morgan fingerprint density at radius 1 is 1.06 bits per heavy atom. The summed E-state index contributed by atoms with van der Waals surface area (Å²) in [5.41, 5.74) is 0.724. The first-order valence-electron chi connectivity index (χ1n) is 5.47. The van der Waals surface area contributed by atoms with Crippen molar-refractivity contribution in [2.45, 2.75) is 13.0 Å². The maximum Gasteiger partial charge on any atom is 0.165 e. The van der Waals surface area contributed by atoms with Gasteiger partial charge < -0.3 is 9.84 Å². The van der Waals surface area contributed by atoms with Crippen LogP contribution in [0.2, 0.25) is 0 Å². The van der Waals surface area contributed by atoms with E-state index in [1.54, 1.807) is 31.2 Å². The van der Waals surface area contributed by atoms with Gasteiger partial charge in [0, 0.05) is 6.07 Å². The van der Waals surface area contributed by atoms with E-state index >= 15 is 0 Å². The lowest BCUT2D eigenvalue weighted by molar-refractivity contribution is 0.199. The summed E-state index contributed by atoms with van der Waals surface area (Å²) >= 11 is 0. The smallest absolute Gasteiger partial charge is 0.165 e. The van der Waals surface area contributed by atoms with E-state index in [1.165, 1.54) is 0 Å². The summed E-state index contributed by atoms with van der Waals surface area (Å²) in [5.74, 6) is -0.980. The van der Waals surface area contributed by atoms with Crippen molar-refractivity contribution in [2.24, 2.45) is 0 Å². The molecule has 0 aromatic heterocycles. The molecule has 0 unspecified atom stereocenters. The number of aliphatic hydroxyl groups is 1. The number of hydrogen-bond acceptors (Lipinski definition) is 2. The van der Waals surface area contributed by atoms with Gasteiger partial charge in [-0.2, -0.15) is 0 Å². The Morgan fingerprint density at radius 3 is 2.33 bits per heavy atom. The van der Waals surface area contributed by atoms with E-state index in [1.807, 2.05) is 0 Å². The lowest BCUT2D eigenvalue weighted by Gasteiger charge is -2.09. The number of aliphatic hydroxyl groups excluding tert-OH is 1. The molecule has 94 valence electrons. The average Bonchev–Trinajstić information content (AvgIpc) is 2.34. The first kappa shape index (κ1) is 12.5. The Kier molecular flexibility index (Phi) is 3.58. The van der Waals surface area contributed by atoms with Gasteiger partial charge in [0.25, 0.3) is 0 Å². The Balaban J connectivity index is 2.21. The maximum atomic E-state index is 13.3. The van der Waals surface area contributed by atoms with Crippen molar-refractivity contribution in [1.29, 1.82) is 0 Å². The highest BCUT2D eigenvalue weighted by molar-refractivity contribution is 5.34. The minimum Gasteiger partial charge on any atom is -0.454 e. The van der Waals surface area contributed by atoms with Gasteiger partial charge in [-0.05, 0) is 36.8 Å². The van der Waals surface area contributed by atoms with Crippen LogP contribution >= 0.6 is 0 Å². The first-order chi connectivity index (χ1) is 8.56. The minimum absolute atomic E-state index is 0.167. The minimum atomic E-state index is -0.629. The van der Waals surface area contributed by atoms with Crippen molar-refractivity contribution in [3.8, 4) is 11.5 Å². The molecule has 4 heteroatoms. The van der Waals surface area contributed by atoms with Gasteiger partial charge >= 0.3 is 0 Å². The number of hydrogen-bond donors (Lipinski definition) is 1. The van der Waals surface area contributed by atoms with Gasteiger partial charge in [0.2, 0.25) is 0 Å². The Labute approximate surface area is 103 Å². The fourth-order valence-corrected chi connectivity index (χ4v) is 1.50. The molecule has 0 bridgehead atoms. The van der Waals surface area contributed by atoms with Gasteiger partial charge in [-0.25, -0.2) is 8.78 Å². The van der Waals surface area contributed by atoms with E-state index in [4.69, 9.17) is 4.74 Å². The Morgan fingerprint density at radius 2 is 1.72 bits per heavy atom. The lowest BCUT2D eigenvalue weighted by atomic mass is 10.1. The second-order valence-corrected chi connectivity index (χ2v) is 3.92. The molecule has 0 amide bonds. The van der Waals surface area contributed by atoms with Crippen molar-refractivity contribution in [3.63, 3.8) is 0 Å². The molecule has 0 saturated carbocycles. The number of rotatable bonds is 3. The largest absolute Gasteiger partial charge is 0.454 e. The molecular weight excluding hydrogens is 238 g/mol. The topological polar surface area (TPSA) is 29.5 Å². The van der Waals surface area contributed by atoms with Crippen molar-refractivity contribution in [1.82, 2.24) is 0 Å². The van der Waals surface area contributed by atoms with Crippen LogP contribution < -0.4 is 4.74 Å². The second kappa shape index (κ2) is 5.14. The second-order valence-electron chi connectivity index (χ2n) is 3.92. The third-order valence-corrected chi connectivity index (χ3v) is 2.48. The fraction of sp³-hybridized carbons (Fsp3) is 0.143. The van der Waals surface area contributed by atoms with E-state index in [-0.39, 0.29) is 5.75 Å². The molecule has 0 heterocycles. The lowest BCUT2D eigenvalue weighted by Crippen LogP contribution is -1.92. The molecule has 0 saturated heterocycles. The van der Waals surface area contributed by atoms with Gasteiger partial charge in [-0.3, -0.25) is 0 Å². The van der Waals surface area contributed by atoms with E-state index in [9.17, 15) is 13.9 Å².